The Balaban J connectivity index is 2.44. The van der Waals surface area contributed by atoms with Crippen molar-refractivity contribution in [3.05, 3.63) is 57.0 Å². The Morgan fingerprint density at radius 1 is 1.21 bits per heavy atom. The normalized spacial score (nSPS) is 13.6. The molecule has 0 saturated heterocycles. The second-order valence-corrected chi connectivity index (χ2v) is 4.97. The first-order valence-electron chi connectivity index (χ1n) is 5.45. The lowest BCUT2D eigenvalue weighted by atomic mass is 9.97. The van der Waals surface area contributed by atoms with E-state index in [1.165, 1.54) is 17.4 Å². The van der Waals surface area contributed by atoms with Crippen LogP contribution in [0.3, 0.4) is 0 Å². The van der Waals surface area contributed by atoms with Crippen LogP contribution in [0.1, 0.15) is 28.3 Å². The van der Waals surface area contributed by atoms with Gasteiger partial charge in [0.2, 0.25) is 0 Å². The average molecular weight is 289 g/mol. The number of nitrogens with two attached hydrogens (primary N) is 1. The predicted molar refractivity (Wildman–Crippen MR) is 66.5 cm³/mol. The maximum absolute atomic E-state index is 13.2. The summed E-state index contributed by atoms with van der Waals surface area (Å²) in [7, 11) is 0. The minimum Gasteiger partial charge on any atom is -0.320 e. The molecule has 2 N–H and O–H groups in total. The maximum atomic E-state index is 13.2. The lowest BCUT2D eigenvalue weighted by Crippen LogP contribution is -2.15. The zero-order chi connectivity index (χ0) is 14.2. The van der Waals surface area contributed by atoms with Crippen molar-refractivity contribution in [3.8, 4) is 0 Å². The van der Waals surface area contributed by atoms with Crippen LogP contribution in [-0.2, 0) is 6.18 Å². The van der Waals surface area contributed by atoms with E-state index in [-0.39, 0.29) is 5.56 Å². The molecule has 0 aliphatic heterocycles. The first kappa shape index (κ1) is 14.0. The Morgan fingerprint density at radius 2 is 1.89 bits per heavy atom. The predicted octanol–water partition coefficient (Wildman–Crippen LogP) is 4.26. The lowest BCUT2D eigenvalue weighted by molar-refractivity contribution is -0.140. The maximum Gasteiger partial charge on any atom is 0.419 e. The van der Waals surface area contributed by atoms with Gasteiger partial charge in [-0.15, -0.1) is 0 Å². The summed E-state index contributed by atoms with van der Waals surface area (Å²) in [6.07, 6.45) is -4.72. The SMILES string of the molecule is Cc1cscc1C(N)c1ccc(F)c(C(F)(F)F)c1. The third kappa shape index (κ3) is 2.79. The third-order valence-electron chi connectivity index (χ3n) is 2.89. The highest BCUT2D eigenvalue weighted by Crippen LogP contribution is 2.34. The number of aryl methyl sites for hydroxylation is 1. The van der Waals surface area contributed by atoms with E-state index in [9.17, 15) is 17.6 Å². The van der Waals surface area contributed by atoms with E-state index >= 15 is 0 Å². The highest BCUT2D eigenvalue weighted by molar-refractivity contribution is 7.08. The third-order valence-corrected chi connectivity index (χ3v) is 3.76. The van der Waals surface area contributed by atoms with Crippen molar-refractivity contribution in [2.24, 2.45) is 5.73 Å². The highest BCUT2D eigenvalue weighted by Gasteiger charge is 2.34. The Morgan fingerprint density at radius 3 is 2.42 bits per heavy atom. The van der Waals surface area contributed by atoms with Crippen LogP contribution in [-0.4, -0.2) is 0 Å². The van der Waals surface area contributed by atoms with Crippen LogP contribution in [0.25, 0.3) is 0 Å². The van der Waals surface area contributed by atoms with Gasteiger partial charge in [0.15, 0.2) is 0 Å². The van der Waals surface area contributed by atoms with Crippen LogP contribution in [0.15, 0.2) is 29.0 Å². The van der Waals surface area contributed by atoms with Gasteiger partial charge in [0.25, 0.3) is 0 Å². The van der Waals surface area contributed by atoms with Gasteiger partial charge in [0.1, 0.15) is 5.82 Å². The van der Waals surface area contributed by atoms with E-state index in [0.717, 1.165) is 23.3 Å². The first-order chi connectivity index (χ1) is 8.80. The zero-order valence-corrected chi connectivity index (χ0v) is 10.8. The number of hydrogen-bond acceptors (Lipinski definition) is 2. The van der Waals surface area contributed by atoms with Gasteiger partial charge >= 0.3 is 6.18 Å². The van der Waals surface area contributed by atoms with Crippen molar-refractivity contribution < 1.29 is 17.6 Å². The van der Waals surface area contributed by atoms with Crippen molar-refractivity contribution >= 4 is 11.3 Å². The van der Waals surface area contributed by atoms with E-state index in [1.807, 2.05) is 12.3 Å². The van der Waals surface area contributed by atoms with E-state index in [4.69, 9.17) is 5.73 Å². The fourth-order valence-corrected chi connectivity index (χ4v) is 2.71. The number of thiophene rings is 1. The molecule has 0 aliphatic rings. The summed E-state index contributed by atoms with van der Waals surface area (Å²) in [5.41, 5.74) is 6.57. The first-order valence-corrected chi connectivity index (χ1v) is 6.40. The molecule has 1 nitrogen and oxygen atoms in total. The Bertz CT molecular complexity index is 589. The number of alkyl halides is 3. The van der Waals surface area contributed by atoms with Gasteiger partial charge in [0.05, 0.1) is 11.6 Å². The number of halogens is 4. The molecule has 1 atom stereocenters. The quantitative estimate of drug-likeness (QED) is 0.821. The molecule has 2 rings (SSSR count). The van der Waals surface area contributed by atoms with Crippen LogP contribution in [0, 0.1) is 12.7 Å². The molecule has 19 heavy (non-hydrogen) atoms. The minimum atomic E-state index is -4.72. The lowest BCUT2D eigenvalue weighted by Gasteiger charge is -2.15. The molecule has 1 aromatic heterocycles. The van der Waals surface area contributed by atoms with Gasteiger partial charge in [-0.25, -0.2) is 4.39 Å². The Labute approximate surface area is 111 Å². The second kappa shape index (κ2) is 4.94. The molecule has 0 amide bonds. The summed E-state index contributed by atoms with van der Waals surface area (Å²) in [6, 6.07) is 2.18. The van der Waals surface area contributed by atoms with Crippen LogP contribution in [0.4, 0.5) is 17.6 Å². The van der Waals surface area contributed by atoms with Crippen LogP contribution in [0.2, 0.25) is 0 Å². The van der Waals surface area contributed by atoms with Crippen molar-refractivity contribution in [1.29, 1.82) is 0 Å². The molecule has 2 aromatic rings. The van der Waals surface area contributed by atoms with E-state index in [0.29, 0.717) is 0 Å². The summed E-state index contributed by atoms with van der Waals surface area (Å²) in [5.74, 6) is -1.29. The van der Waals surface area contributed by atoms with Gasteiger partial charge in [-0.05, 0) is 46.5 Å². The average Bonchev–Trinajstić information content (AvgIpc) is 2.73. The van der Waals surface area contributed by atoms with Gasteiger partial charge in [-0.2, -0.15) is 24.5 Å². The highest BCUT2D eigenvalue weighted by atomic mass is 32.1. The van der Waals surface area contributed by atoms with Gasteiger partial charge in [-0.3, -0.25) is 0 Å². The van der Waals surface area contributed by atoms with Crippen molar-refractivity contribution in [2.45, 2.75) is 19.1 Å². The summed E-state index contributed by atoms with van der Waals surface area (Å²) >= 11 is 1.43. The number of rotatable bonds is 2. The largest absolute Gasteiger partial charge is 0.419 e. The number of benzene rings is 1. The Hall–Kier alpha value is -1.40. The monoisotopic (exact) mass is 289 g/mol. The van der Waals surface area contributed by atoms with Crippen molar-refractivity contribution in [1.82, 2.24) is 0 Å². The summed E-state index contributed by atoms with van der Waals surface area (Å²) in [4.78, 5) is 0. The molecule has 1 heterocycles. The molecular formula is C13H11F4NS. The molecule has 0 saturated carbocycles. The molecule has 1 aromatic carbocycles. The summed E-state index contributed by atoms with van der Waals surface area (Å²) in [6.45, 7) is 1.83. The van der Waals surface area contributed by atoms with Crippen LogP contribution >= 0.6 is 11.3 Å². The van der Waals surface area contributed by atoms with E-state index in [1.54, 1.807) is 5.38 Å². The fraction of sp³-hybridized carbons (Fsp3) is 0.231. The zero-order valence-electron chi connectivity index (χ0n) is 9.96. The molecule has 0 radical (unpaired) electrons. The summed E-state index contributed by atoms with van der Waals surface area (Å²) < 4.78 is 51.1. The topological polar surface area (TPSA) is 26.0 Å². The second-order valence-electron chi connectivity index (χ2n) is 4.22. The van der Waals surface area contributed by atoms with Gasteiger partial charge < -0.3 is 5.73 Å². The molecule has 0 fully saturated rings. The van der Waals surface area contributed by atoms with Crippen molar-refractivity contribution in [2.75, 3.05) is 0 Å². The molecule has 0 spiro atoms. The molecule has 0 aliphatic carbocycles. The van der Waals surface area contributed by atoms with Crippen LogP contribution in [0.5, 0.6) is 0 Å². The Kier molecular flexibility index (Phi) is 3.64. The molecular weight excluding hydrogens is 278 g/mol. The van der Waals surface area contributed by atoms with Gasteiger partial charge in [0, 0.05) is 0 Å². The minimum absolute atomic E-state index is 0.246. The molecule has 1 unspecified atom stereocenters. The van der Waals surface area contributed by atoms with E-state index in [2.05, 4.69) is 0 Å². The number of hydrogen-bond donors (Lipinski definition) is 1. The summed E-state index contributed by atoms with van der Waals surface area (Å²) in [5, 5.41) is 3.65. The van der Waals surface area contributed by atoms with E-state index < -0.39 is 23.6 Å². The molecule has 0 bridgehead atoms. The molecule has 6 heteroatoms. The fourth-order valence-electron chi connectivity index (χ4n) is 1.82. The van der Waals surface area contributed by atoms with Gasteiger partial charge in [-0.1, -0.05) is 6.07 Å². The van der Waals surface area contributed by atoms with Crippen molar-refractivity contribution in [3.63, 3.8) is 0 Å². The van der Waals surface area contributed by atoms with Crippen LogP contribution < -0.4 is 5.73 Å². The molecule has 102 valence electrons. The standard InChI is InChI=1S/C13H11F4NS/c1-7-5-19-6-9(7)12(18)8-2-3-11(14)10(4-8)13(15,16)17/h2-6,12H,18H2,1H3. The smallest absolute Gasteiger partial charge is 0.320 e.